The van der Waals surface area contributed by atoms with Crippen molar-refractivity contribution in [2.24, 2.45) is 0 Å². The first-order valence-electron chi connectivity index (χ1n) is 8.14. The van der Waals surface area contributed by atoms with Crippen LogP contribution in [0.2, 0.25) is 5.02 Å². The Labute approximate surface area is 173 Å². The minimum absolute atomic E-state index is 0.107. The number of nitrogens with zero attached hydrogens (tertiary/aromatic N) is 4. The Bertz CT molecular complexity index is 977. The summed E-state index contributed by atoms with van der Waals surface area (Å²) < 4.78 is 15.6. The van der Waals surface area contributed by atoms with Gasteiger partial charge in [-0.1, -0.05) is 27.5 Å². The van der Waals surface area contributed by atoms with Gasteiger partial charge in [0.1, 0.15) is 17.4 Å². The topological polar surface area (TPSA) is 96.8 Å². The van der Waals surface area contributed by atoms with Gasteiger partial charge in [-0.2, -0.15) is 10.1 Å². The maximum absolute atomic E-state index is 13.5. The van der Waals surface area contributed by atoms with Crippen LogP contribution in [0.1, 0.15) is 5.56 Å². The number of amides is 1. The molecule has 8 nitrogen and oxygen atoms in total. The zero-order valence-electron chi connectivity index (χ0n) is 14.7. The molecule has 0 atom stereocenters. The van der Waals surface area contributed by atoms with Gasteiger partial charge in [-0.3, -0.25) is 9.48 Å². The molecule has 146 valence electrons. The quantitative estimate of drug-likeness (QED) is 0.492. The molecule has 0 unspecified atom stereocenters. The van der Waals surface area contributed by atoms with E-state index in [1.165, 1.54) is 23.0 Å². The molecule has 2 aromatic heterocycles. The molecule has 0 aliphatic heterocycles. The number of halogens is 3. The predicted molar refractivity (Wildman–Crippen MR) is 108 cm³/mol. The van der Waals surface area contributed by atoms with Gasteiger partial charge in [-0.05, 0) is 23.8 Å². The number of nitrogens with one attached hydrogen (secondary N) is 3. The number of carbonyl (C=O) groups excluding carboxylic acids is 1. The highest BCUT2D eigenvalue weighted by molar-refractivity contribution is 9.10. The molecule has 11 heteroatoms. The first kappa shape index (κ1) is 20.0. The SMILES string of the molecule is CNC(=O)Cn1cc(Nc2ncc(Cl)c(NCc3cc(F)cc(Br)c3)n2)cn1. The van der Waals surface area contributed by atoms with Crippen LogP contribution in [0.15, 0.2) is 41.3 Å². The van der Waals surface area contributed by atoms with E-state index < -0.39 is 0 Å². The molecule has 3 aromatic rings. The summed E-state index contributed by atoms with van der Waals surface area (Å²) in [5.41, 5.74) is 1.35. The second-order valence-corrected chi connectivity index (χ2v) is 7.07. The van der Waals surface area contributed by atoms with Crippen molar-refractivity contribution in [3.8, 4) is 0 Å². The van der Waals surface area contributed by atoms with E-state index in [4.69, 9.17) is 11.6 Å². The number of likely N-dealkylation sites (N-methyl/N-ethyl adjacent to an activating group) is 1. The molecular formula is C17H16BrClFN7O. The summed E-state index contributed by atoms with van der Waals surface area (Å²) >= 11 is 9.41. The van der Waals surface area contributed by atoms with E-state index in [-0.39, 0.29) is 18.3 Å². The van der Waals surface area contributed by atoms with Crippen LogP contribution in [-0.4, -0.2) is 32.7 Å². The fourth-order valence-electron chi connectivity index (χ4n) is 2.32. The summed E-state index contributed by atoms with van der Waals surface area (Å²) in [6.45, 7) is 0.437. The molecule has 0 aliphatic rings. The Morgan fingerprint density at radius 3 is 2.89 bits per heavy atom. The number of hydrogen-bond acceptors (Lipinski definition) is 6. The van der Waals surface area contributed by atoms with Crippen molar-refractivity contribution in [1.82, 2.24) is 25.1 Å². The molecule has 2 heterocycles. The first-order chi connectivity index (χ1) is 13.4. The van der Waals surface area contributed by atoms with E-state index in [0.717, 1.165) is 5.56 Å². The lowest BCUT2D eigenvalue weighted by molar-refractivity contribution is -0.121. The third kappa shape index (κ3) is 5.40. The highest BCUT2D eigenvalue weighted by atomic mass is 79.9. The highest BCUT2D eigenvalue weighted by Gasteiger charge is 2.09. The van der Waals surface area contributed by atoms with Gasteiger partial charge < -0.3 is 16.0 Å². The second-order valence-electron chi connectivity index (χ2n) is 5.75. The third-order valence-corrected chi connectivity index (χ3v) is 4.33. The molecule has 28 heavy (non-hydrogen) atoms. The van der Waals surface area contributed by atoms with Crippen molar-refractivity contribution in [1.29, 1.82) is 0 Å². The largest absolute Gasteiger partial charge is 0.365 e. The molecule has 3 N–H and O–H groups in total. The monoisotopic (exact) mass is 467 g/mol. The van der Waals surface area contributed by atoms with Gasteiger partial charge >= 0.3 is 0 Å². The number of benzene rings is 1. The summed E-state index contributed by atoms with van der Waals surface area (Å²) in [7, 11) is 1.56. The maximum atomic E-state index is 13.5. The number of anilines is 3. The Kier molecular flexibility index (Phi) is 6.42. The number of rotatable bonds is 7. The molecule has 0 saturated heterocycles. The lowest BCUT2D eigenvalue weighted by Gasteiger charge is -2.10. The normalized spacial score (nSPS) is 10.6. The van der Waals surface area contributed by atoms with E-state index in [2.05, 4.69) is 46.9 Å². The summed E-state index contributed by atoms with van der Waals surface area (Å²) in [6, 6.07) is 4.60. The Balaban J connectivity index is 1.68. The van der Waals surface area contributed by atoms with Crippen LogP contribution < -0.4 is 16.0 Å². The summed E-state index contributed by atoms with van der Waals surface area (Å²) in [4.78, 5) is 19.8. The molecule has 0 saturated carbocycles. The van der Waals surface area contributed by atoms with Crippen molar-refractivity contribution in [3.63, 3.8) is 0 Å². The predicted octanol–water partition coefficient (Wildman–Crippen LogP) is 3.33. The minimum Gasteiger partial charge on any atom is -0.365 e. The van der Waals surface area contributed by atoms with Gasteiger partial charge in [0, 0.05) is 24.3 Å². The van der Waals surface area contributed by atoms with Crippen molar-refractivity contribution in [2.45, 2.75) is 13.1 Å². The average Bonchev–Trinajstić information content (AvgIpc) is 3.08. The van der Waals surface area contributed by atoms with Crippen LogP contribution in [0.3, 0.4) is 0 Å². The molecular weight excluding hydrogens is 453 g/mol. The van der Waals surface area contributed by atoms with Crippen LogP contribution >= 0.6 is 27.5 Å². The average molecular weight is 469 g/mol. The van der Waals surface area contributed by atoms with E-state index in [0.29, 0.717) is 33.5 Å². The summed E-state index contributed by atoms with van der Waals surface area (Å²) in [6.07, 6.45) is 4.67. The molecule has 0 bridgehead atoms. The van der Waals surface area contributed by atoms with Crippen molar-refractivity contribution in [3.05, 3.63) is 57.7 Å². The Morgan fingerprint density at radius 2 is 2.14 bits per heavy atom. The maximum Gasteiger partial charge on any atom is 0.241 e. The fraction of sp³-hybridized carbons (Fsp3) is 0.176. The minimum atomic E-state index is -0.337. The Hall–Kier alpha value is -2.72. The molecule has 0 radical (unpaired) electrons. The van der Waals surface area contributed by atoms with Gasteiger partial charge in [0.2, 0.25) is 11.9 Å². The van der Waals surface area contributed by atoms with Crippen molar-refractivity contribution < 1.29 is 9.18 Å². The molecule has 1 aromatic carbocycles. The van der Waals surface area contributed by atoms with E-state index in [1.54, 1.807) is 25.5 Å². The van der Waals surface area contributed by atoms with E-state index >= 15 is 0 Å². The Morgan fingerprint density at radius 1 is 1.32 bits per heavy atom. The van der Waals surface area contributed by atoms with Crippen LogP contribution in [0.25, 0.3) is 0 Å². The lowest BCUT2D eigenvalue weighted by Crippen LogP contribution is -2.23. The first-order valence-corrected chi connectivity index (χ1v) is 9.31. The van der Waals surface area contributed by atoms with Gasteiger partial charge in [0.15, 0.2) is 5.82 Å². The van der Waals surface area contributed by atoms with Crippen molar-refractivity contribution >= 4 is 50.9 Å². The number of aromatic nitrogens is 4. The smallest absolute Gasteiger partial charge is 0.241 e. The highest BCUT2D eigenvalue weighted by Crippen LogP contribution is 2.23. The molecule has 0 fully saturated rings. The fourth-order valence-corrected chi connectivity index (χ4v) is 2.99. The van der Waals surface area contributed by atoms with Gasteiger partial charge in [0.05, 0.1) is 18.1 Å². The third-order valence-electron chi connectivity index (χ3n) is 3.60. The van der Waals surface area contributed by atoms with Gasteiger partial charge in [0.25, 0.3) is 0 Å². The zero-order chi connectivity index (χ0) is 20.1. The van der Waals surface area contributed by atoms with E-state index in [9.17, 15) is 9.18 Å². The second kappa shape index (κ2) is 8.98. The number of carbonyl (C=O) groups is 1. The van der Waals surface area contributed by atoms with Crippen LogP contribution in [-0.2, 0) is 17.9 Å². The van der Waals surface area contributed by atoms with Gasteiger partial charge in [-0.15, -0.1) is 0 Å². The summed E-state index contributed by atoms with van der Waals surface area (Å²) in [5.74, 6) is 0.202. The van der Waals surface area contributed by atoms with Crippen molar-refractivity contribution in [2.75, 3.05) is 17.7 Å². The molecule has 0 aliphatic carbocycles. The number of hydrogen-bond donors (Lipinski definition) is 3. The molecule has 3 rings (SSSR count). The van der Waals surface area contributed by atoms with Crippen LogP contribution in [0.5, 0.6) is 0 Å². The summed E-state index contributed by atoms with van der Waals surface area (Å²) in [5, 5.41) is 13.0. The van der Waals surface area contributed by atoms with Crippen LogP contribution in [0, 0.1) is 5.82 Å². The molecule has 0 spiro atoms. The zero-order valence-corrected chi connectivity index (χ0v) is 17.1. The standard InChI is InChI=1S/C17H16BrClFN7O/c1-21-15(28)9-27-8-13(6-24-27)25-17-23-7-14(19)16(26-17)22-5-10-2-11(18)4-12(20)3-10/h2-4,6-8H,5,9H2,1H3,(H,21,28)(H2,22,23,25,26). The van der Waals surface area contributed by atoms with Gasteiger partial charge in [-0.25, -0.2) is 9.37 Å². The van der Waals surface area contributed by atoms with E-state index in [1.807, 2.05) is 0 Å². The lowest BCUT2D eigenvalue weighted by atomic mass is 10.2. The van der Waals surface area contributed by atoms with Crippen LogP contribution in [0.4, 0.5) is 21.8 Å². The molecule has 1 amide bonds.